The van der Waals surface area contributed by atoms with E-state index < -0.39 is 0 Å². The largest absolute Gasteiger partial charge is 0.382 e. The predicted molar refractivity (Wildman–Crippen MR) is 49.8 cm³/mol. The van der Waals surface area contributed by atoms with E-state index in [2.05, 4.69) is 26.0 Å². The lowest BCUT2D eigenvalue weighted by Gasteiger charge is -1.95. The molecule has 62 valence electrons. The Balaban J connectivity index is 2.95. The maximum atomic E-state index is 5.65. The van der Waals surface area contributed by atoms with Gasteiger partial charge in [0, 0.05) is 0 Å². The van der Waals surface area contributed by atoms with Gasteiger partial charge in [-0.1, -0.05) is 0 Å². The number of hydrogen-bond acceptors (Lipinski definition) is 3. The summed E-state index contributed by atoms with van der Waals surface area (Å²) in [5.74, 6) is 0.499. The van der Waals surface area contributed by atoms with Gasteiger partial charge in [-0.3, -0.25) is 0 Å². The standard InChI is InChI=1S/C7H7BrN4/c1-4-2-5-7(9)10-3-11-12(5)6(4)8/h2-3H,1H3,(H2,9,10,11). The summed E-state index contributed by atoms with van der Waals surface area (Å²) in [6.07, 6.45) is 1.44. The van der Waals surface area contributed by atoms with Gasteiger partial charge in [-0.05, 0) is 34.5 Å². The third-order valence-corrected chi connectivity index (χ3v) is 2.68. The first kappa shape index (κ1) is 7.54. The first-order valence-corrected chi connectivity index (χ1v) is 4.24. The van der Waals surface area contributed by atoms with E-state index in [0.717, 1.165) is 15.7 Å². The topological polar surface area (TPSA) is 56.2 Å². The predicted octanol–water partition coefficient (Wildman–Crippen LogP) is 1.38. The van der Waals surface area contributed by atoms with Crippen LogP contribution in [-0.4, -0.2) is 14.6 Å². The molecule has 2 aromatic rings. The Morgan fingerprint density at radius 3 is 3.00 bits per heavy atom. The summed E-state index contributed by atoms with van der Waals surface area (Å²) in [5.41, 5.74) is 7.58. The highest BCUT2D eigenvalue weighted by molar-refractivity contribution is 9.10. The van der Waals surface area contributed by atoms with Crippen LogP contribution in [0.25, 0.3) is 5.52 Å². The number of nitrogens with zero attached hydrogens (tertiary/aromatic N) is 3. The highest BCUT2D eigenvalue weighted by Crippen LogP contribution is 2.22. The molecule has 0 bridgehead atoms. The van der Waals surface area contributed by atoms with Crippen LogP contribution in [0.4, 0.5) is 5.82 Å². The Labute approximate surface area is 77.5 Å². The van der Waals surface area contributed by atoms with Gasteiger partial charge in [-0.25, -0.2) is 9.50 Å². The summed E-state index contributed by atoms with van der Waals surface area (Å²) in [4.78, 5) is 3.89. The second-order valence-corrected chi connectivity index (χ2v) is 3.31. The number of nitrogens with two attached hydrogens (primary N) is 1. The molecule has 0 unspecified atom stereocenters. The molecule has 0 aliphatic rings. The zero-order valence-electron chi connectivity index (χ0n) is 6.45. The molecule has 0 spiro atoms. The monoisotopic (exact) mass is 226 g/mol. The quantitative estimate of drug-likeness (QED) is 0.739. The molecule has 0 aliphatic heterocycles. The molecule has 0 saturated heterocycles. The molecule has 0 atom stereocenters. The van der Waals surface area contributed by atoms with E-state index in [4.69, 9.17) is 5.73 Å². The fourth-order valence-electron chi connectivity index (χ4n) is 1.10. The van der Waals surface area contributed by atoms with Gasteiger partial charge in [0.1, 0.15) is 16.4 Å². The van der Waals surface area contributed by atoms with Crippen LogP contribution in [0.5, 0.6) is 0 Å². The smallest absolute Gasteiger partial charge is 0.151 e. The van der Waals surface area contributed by atoms with Gasteiger partial charge in [0.15, 0.2) is 5.82 Å². The van der Waals surface area contributed by atoms with Crippen LogP contribution in [0, 0.1) is 6.92 Å². The minimum absolute atomic E-state index is 0.499. The number of nitrogen functional groups attached to an aromatic ring is 1. The van der Waals surface area contributed by atoms with Crippen LogP contribution in [0.3, 0.4) is 0 Å². The van der Waals surface area contributed by atoms with E-state index in [1.807, 2.05) is 13.0 Å². The van der Waals surface area contributed by atoms with E-state index in [-0.39, 0.29) is 0 Å². The lowest BCUT2D eigenvalue weighted by atomic mass is 10.4. The Hall–Kier alpha value is -1.10. The van der Waals surface area contributed by atoms with Crippen molar-refractivity contribution in [1.29, 1.82) is 0 Å². The van der Waals surface area contributed by atoms with Gasteiger partial charge in [0.25, 0.3) is 0 Å². The van der Waals surface area contributed by atoms with Crippen LogP contribution in [-0.2, 0) is 0 Å². The summed E-state index contributed by atoms with van der Waals surface area (Å²) < 4.78 is 2.64. The Morgan fingerprint density at radius 1 is 1.58 bits per heavy atom. The zero-order valence-corrected chi connectivity index (χ0v) is 8.04. The van der Waals surface area contributed by atoms with Gasteiger partial charge in [0.2, 0.25) is 0 Å². The third-order valence-electron chi connectivity index (χ3n) is 1.72. The van der Waals surface area contributed by atoms with Crippen molar-refractivity contribution in [3.8, 4) is 0 Å². The molecule has 0 saturated carbocycles. The lowest BCUT2D eigenvalue weighted by Crippen LogP contribution is -1.98. The van der Waals surface area contributed by atoms with Crippen molar-refractivity contribution in [2.45, 2.75) is 6.92 Å². The van der Waals surface area contributed by atoms with Crippen LogP contribution in [0.15, 0.2) is 17.0 Å². The average molecular weight is 227 g/mol. The number of aryl methyl sites for hydroxylation is 1. The molecule has 12 heavy (non-hydrogen) atoms. The van der Waals surface area contributed by atoms with Gasteiger partial charge in [0.05, 0.1) is 0 Å². The second-order valence-electron chi connectivity index (χ2n) is 2.56. The minimum atomic E-state index is 0.499. The van der Waals surface area contributed by atoms with Crippen molar-refractivity contribution in [2.24, 2.45) is 0 Å². The summed E-state index contributed by atoms with van der Waals surface area (Å²) >= 11 is 3.40. The van der Waals surface area contributed by atoms with Gasteiger partial charge >= 0.3 is 0 Å². The molecule has 5 heteroatoms. The number of rotatable bonds is 0. The normalized spacial score (nSPS) is 10.8. The number of halogens is 1. The molecular weight excluding hydrogens is 220 g/mol. The van der Waals surface area contributed by atoms with Crippen molar-refractivity contribution < 1.29 is 0 Å². The minimum Gasteiger partial charge on any atom is -0.382 e. The SMILES string of the molecule is Cc1cc2c(N)ncnn2c1Br. The van der Waals surface area contributed by atoms with Crippen molar-refractivity contribution in [3.63, 3.8) is 0 Å². The van der Waals surface area contributed by atoms with Crippen LogP contribution >= 0.6 is 15.9 Å². The van der Waals surface area contributed by atoms with Gasteiger partial charge < -0.3 is 5.73 Å². The molecule has 0 fully saturated rings. The molecule has 0 aliphatic carbocycles. The van der Waals surface area contributed by atoms with Crippen molar-refractivity contribution in [1.82, 2.24) is 14.6 Å². The Kier molecular flexibility index (Phi) is 1.54. The van der Waals surface area contributed by atoms with Crippen LogP contribution in [0.2, 0.25) is 0 Å². The van der Waals surface area contributed by atoms with E-state index in [1.165, 1.54) is 6.33 Å². The number of hydrogen-bond donors (Lipinski definition) is 1. The molecule has 2 N–H and O–H groups in total. The fourth-order valence-corrected chi connectivity index (χ4v) is 1.50. The molecular formula is C7H7BrN4. The molecule has 2 aromatic heterocycles. The highest BCUT2D eigenvalue weighted by Gasteiger charge is 2.06. The number of aromatic nitrogens is 3. The Bertz CT molecular complexity index is 434. The number of fused-ring (bicyclic) bond motifs is 1. The van der Waals surface area contributed by atoms with Crippen molar-refractivity contribution in [2.75, 3.05) is 5.73 Å². The number of anilines is 1. The molecule has 0 amide bonds. The second kappa shape index (κ2) is 2.45. The zero-order chi connectivity index (χ0) is 8.72. The molecule has 0 aromatic carbocycles. The average Bonchev–Trinajstić information content (AvgIpc) is 2.32. The molecule has 0 radical (unpaired) electrons. The first-order chi connectivity index (χ1) is 5.70. The van der Waals surface area contributed by atoms with Crippen LogP contribution in [0.1, 0.15) is 5.56 Å². The van der Waals surface area contributed by atoms with E-state index in [1.54, 1.807) is 4.52 Å². The molecule has 2 heterocycles. The van der Waals surface area contributed by atoms with E-state index >= 15 is 0 Å². The van der Waals surface area contributed by atoms with E-state index in [9.17, 15) is 0 Å². The third kappa shape index (κ3) is 0.896. The summed E-state index contributed by atoms with van der Waals surface area (Å²) in [6, 6.07) is 1.94. The summed E-state index contributed by atoms with van der Waals surface area (Å²) in [6.45, 7) is 1.98. The summed E-state index contributed by atoms with van der Waals surface area (Å²) in [7, 11) is 0. The Morgan fingerprint density at radius 2 is 2.33 bits per heavy atom. The first-order valence-electron chi connectivity index (χ1n) is 3.44. The van der Waals surface area contributed by atoms with E-state index in [0.29, 0.717) is 5.82 Å². The fraction of sp³-hybridized carbons (Fsp3) is 0.143. The molecule has 2 rings (SSSR count). The van der Waals surface area contributed by atoms with Gasteiger partial charge in [-0.2, -0.15) is 5.10 Å². The van der Waals surface area contributed by atoms with Crippen molar-refractivity contribution in [3.05, 3.63) is 22.6 Å². The maximum Gasteiger partial charge on any atom is 0.151 e. The maximum absolute atomic E-state index is 5.65. The molecule has 4 nitrogen and oxygen atoms in total. The van der Waals surface area contributed by atoms with Gasteiger partial charge in [-0.15, -0.1) is 0 Å². The van der Waals surface area contributed by atoms with Crippen LogP contribution < -0.4 is 5.73 Å². The highest BCUT2D eigenvalue weighted by atomic mass is 79.9. The lowest BCUT2D eigenvalue weighted by molar-refractivity contribution is 0.886. The summed E-state index contributed by atoms with van der Waals surface area (Å²) in [5, 5.41) is 4.04. The van der Waals surface area contributed by atoms with Crippen molar-refractivity contribution >= 4 is 27.3 Å².